The van der Waals surface area contributed by atoms with E-state index in [4.69, 9.17) is 0 Å². The third-order valence-electron chi connectivity index (χ3n) is 6.26. The van der Waals surface area contributed by atoms with E-state index in [1.807, 2.05) is 91.0 Å². The number of hydrogen-bond donors (Lipinski definition) is 2. The summed E-state index contributed by atoms with van der Waals surface area (Å²) in [6, 6.07) is 29.5. The quantitative estimate of drug-likeness (QED) is 0.315. The first-order valence-electron chi connectivity index (χ1n) is 12.3. The molecule has 4 aromatic rings. The number of carbonyl (C=O) groups is 2. The molecule has 0 bridgehead atoms. The minimum atomic E-state index is -0.116. The number of amides is 2. The molecule has 0 unspecified atom stereocenters. The van der Waals surface area contributed by atoms with Gasteiger partial charge in [0.15, 0.2) is 0 Å². The summed E-state index contributed by atoms with van der Waals surface area (Å²) in [7, 11) is 0. The van der Waals surface area contributed by atoms with Gasteiger partial charge in [-0.3, -0.25) is 14.6 Å². The topological polar surface area (TPSA) is 71.1 Å². The van der Waals surface area contributed by atoms with Gasteiger partial charge in [0.25, 0.3) is 5.91 Å². The maximum absolute atomic E-state index is 13.1. The number of pyridine rings is 1. The van der Waals surface area contributed by atoms with Crippen molar-refractivity contribution < 1.29 is 9.59 Å². The molecule has 0 fully saturated rings. The number of nitrogens with one attached hydrogen (secondary N) is 2. The van der Waals surface area contributed by atoms with Gasteiger partial charge in [0.05, 0.1) is 0 Å². The third-order valence-corrected chi connectivity index (χ3v) is 6.26. The van der Waals surface area contributed by atoms with Crippen LogP contribution < -0.4 is 10.6 Å². The normalized spacial score (nSPS) is 11.5. The summed E-state index contributed by atoms with van der Waals surface area (Å²) in [6.45, 7) is 3.00. The van der Waals surface area contributed by atoms with Crippen LogP contribution in [-0.4, -0.2) is 23.3 Å². The van der Waals surface area contributed by atoms with Crippen LogP contribution in [0.5, 0.6) is 0 Å². The molecular weight excluding hydrogens is 446 g/mol. The zero-order valence-corrected chi connectivity index (χ0v) is 20.5. The van der Waals surface area contributed by atoms with Crippen LogP contribution in [0.2, 0.25) is 0 Å². The van der Waals surface area contributed by atoms with Crippen LogP contribution >= 0.6 is 0 Å². The minimum absolute atomic E-state index is 0.00305. The van der Waals surface area contributed by atoms with E-state index in [1.165, 1.54) is 0 Å². The standard InChI is InChI=1S/C31H31N3O2/c1-23(25-9-3-2-4-10-25)21-30(35)34-22-26-11-5-6-12-27(26)28-13-7-8-14-29(28)31(36)33-20-17-24-15-18-32-19-16-24/h2-16,18-19,23H,17,20-22H2,1H3,(H,33,36)(H,34,35)/t23-/m1/s1. The number of carbonyl (C=O) groups excluding carboxylic acids is 2. The zero-order valence-electron chi connectivity index (χ0n) is 20.5. The lowest BCUT2D eigenvalue weighted by molar-refractivity contribution is -0.121. The molecule has 182 valence electrons. The Hall–Kier alpha value is -4.25. The number of aromatic nitrogens is 1. The summed E-state index contributed by atoms with van der Waals surface area (Å²) in [5.41, 5.74) is 5.65. The van der Waals surface area contributed by atoms with Crippen LogP contribution in [0.25, 0.3) is 11.1 Å². The van der Waals surface area contributed by atoms with Gasteiger partial charge in [-0.1, -0.05) is 79.7 Å². The predicted molar refractivity (Wildman–Crippen MR) is 143 cm³/mol. The first kappa shape index (κ1) is 24.9. The monoisotopic (exact) mass is 477 g/mol. The largest absolute Gasteiger partial charge is 0.352 e. The Morgan fingerprint density at radius 2 is 1.44 bits per heavy atom. The van der Waals surface area contributed by atoms with Gasteiger partial charge in [-0.05, 0) is 58.4 Å². The Kier molecular flexibility index (Phi) is 8.60. The summed E-state index contributed by atoms with van der Waals surface area (Å²) >= 11 is 0. The molecule has 0 aliphatic heterocycles. The highest BCUT2D eigenvalue weighted by Crippen LogP contribution is 2.27. The highest BCUT2D eigenvalue weighted by molar-refractivity contribution is 6.01. The highest BCUT2D eigenvalue weighted by atomic mass is 16.2. The van der Waals surface area contributed by atoms with Crippen LogP contribution in [0, 0.1) is 0 Å². The molecule has 0 radical (unpaired) electrons. The molecule has 0 aliphatic carbocycles. The molecule has 4 rings (SSSR count). The summed E-state index contributed by atoms with van der Waals surface area (Å²) in [4.78, 5) is 29.8. The second kappa shape index (κ2) is 12.5. The van der Waals surface area contributed by atoms with Gasteiger partial charge in [0.1, 0.15) is 0 Å². The second-order valence-electron chi connectivity index (χ2n) is 8.86. The molecule has 2 N–H and O–H groups in total. The number of nitrogens with zero attached hydrogens (tertiary/aromatic N) is 1. The van der Waals surface area contributed by atoms with E-state index in [2.05, 4.69) is 22.5 Å². The van der Waals surface area contributed by atoms with E-state index in [1.54, 1.807) is 12.4 Å². The van der Waals surface area contributed by atoms with E-state index < -0.39 is 0 Å². The number of hydrogen-bond acceptors (Lipinski definition) is 3. The number of rotatable bonds is 10. The van der Waals surface area contributed by atoms with E-state index in [0.29, 0.717) is 25.1 Å². The lowest BCUT2D eigenvalue weighted by atomic mass is 9.94. The van der Waals surface area contributed by atoms with Crippen molar-refractivity contribution in [1.29, 1.82) is 0 Å². The summed E-state index contributed by atoms with van der Waals surface area (Å²) < 4.78 is 0. The van der Waals surface area contributed by atoms with Crippen molar-refractivity contribution in [3.63, 3.8) is 0 Å². The van der Waals surface area contributed by atoms with E-state index in [-0.39, 0.29) is 17.7 Å². The molecular formula is C31H31N3O2. The Morgan fingerprint density at radius 1 is 0.778 bits per heavy atom. The smallest absolute Gasteiger partial charge is 0.251 e. The van der Waals surface area contributed by atoms with Gasteiger partial charge < -0.3 is 10.6 Å². The van der Waals surface area contributed by atoms with Gasteiger partial charge in [0.2, 0.25) is 5.91 Å². The van der Waals surface area contributed by atoms with Crippen LogP contribution in [0.15, 0.2) is 103 Å². The Labute approximate surface area is 212 Å². The van der Waals surface area contributed by atoms with Crippen molar-refractivity contribution in [2.24, 2.45) is 0 Å². The lowest BCUT2D eigenvalue weighted by Gasteiger charge is -2.16. The van der Waals surface area contributed by atoms with Crippen LogP contribution in [0.1, 0.15) is 46.3 Å². The second-order valence-corrected chi connectivity index (χ2v) is 8.86. The Bertz CT molecular complexity index is 1290. The van der Waals surface area contributed by atoms with Crippen LogP contribution in [0.4, 0.5) is 0 Å². The zero-order chi connectivity index (χ0) is 25.2. The van der Waals surface area contributed by atoms with Crippen molar-refractivity contribution >= 4 is 11.8 Å². The fourth-order valence-corrected chi connectivity index (χ4v) is 4.26. The summed E-state index contributed by atoms with van der Waals surface area (Å²) in [5, 5.41) is 6.10. The Balaban J connectivity index is 1.42. The molecule has 2 amide bonds. The van der Waals surface area contributed by atoms with Gasteiger partial charge >= 0.3 is 0 Å². The van der Waals surface area contributed by atoms with Crippen molar-refractivity contribution in [3.8, 4) is 11.1 Å². The fraction of sp³-hybridized carbons (Fsp3) is 0.194. The maximum Gasteiger partial charge on any atom is 0.251 e. The third kappa shape index (κ3) is 6.66. The van der Waals surface area contributed by atoms with Gasteiger partial charge in [-0.25, -0.2) is 0 Å². The maximum atomic E-state index is 13.1. The van der Waals surface area contributed by atoms with Crippen LogP contribution in [-0.2, 0) is 17.8 Å². The molecule has 0 saturated heterocycles. The molecule has 3 aromatic carbocycles. The molecule has 1 atom stereocenters. The van der Waals surface area contributed by atoms with Crippen molar-refractivity contribution in [3.05, 3.63) is 126 Å². The SMILES string of the molecule is C[C@H](CC(=O)NCc1ccccc1-c1ccccc1C(=O)NCCc1ccncc1)c1ccccc1. The molecule has 0 aliphatic rings. The average molecular weight is 478 g/mol. The first-order valence-corrected chi connectivity index (χ1v) is 12.3. The summed E-state index contributed by atoms with van der Waals surface area (Å²) in [5.74, 6) is 0.0245. The molecule has 5 heteroatoms. The van der Waals surface area contributed by atoms with Crippen molar-refractivity contribution in [2.45, 2.75) is 32.2 Å². The highest BCUT2D eigenvalue weighted by Gasteiger charge is 2.16. The minimum Gasteiger partial charge on any atom is -0.352 e. The van der Waals surface area contributed by atoms with Crippen LogP contribution in [0.3, 0.4) is 0 Å². The first-order chi connectivity index (χ1) is 17.6. The summed E-state index contributed by atoms with van der Waals surface area (Å²) in [6.07, 6.45) is 4.66. The fourth-order valence-electron chi connectivity index (χ4n) is 4.26. The molecule has 36 heavy (non-hydrogen) atoms. The molecule has 0 spiro atoms. The van der Waals surface area contributed by atoms with Crippen molar-refractivity contribution in [2.75, 3.05) is 6.54 Å². The van der Waals surface area contributed by atoms with Gasteiger partial charge in [-0.2, -0.15) is 0 Å². The average Bonchev–Trinajstić information content (AvgIpc) is 2.93. The van der Waals surface area contributed by atoms with Gasteiger partial charge in [-0.15, -0.1) is 0 Å². The van der Waals surface area contributed by atoms with E-state index in [0.717, 1.165) is 34.2 Å². The molecule has 0 saturated carbocycles. The predicted octanol–water partition coefficient (Wildman–Crippen LogP) is 5.53. The van der Waals surface area contributed by atoms with E-state index >= 15 is 0 Å². The molecule has 1 aromatic heterocycles. The molecule has 5 nitrogen and oxygen atoms in total. The van der Waals surface area contributed by atoms with Gasteiger partial charge in [0, 0.05) is 37.5 Å². The molecule has 1 heterocycles. The Morgan fingerprint density at radius 3 is 2.22 bits per heavy atom. The van der Waals surface area contributed by atoms with E-state index in [9.17, 15) is 9.59 Å². The lowest BCUT2D eigenvalue weighted by Crippen LogP contribution is -2.26. The number of benzene rings is 3. The van der Waals surface area contributed by atoms with Crippen molar-refractivity contribution in [1.82, 2.24) is 15.6 Å².